The summed E-state index contributed by atoms with van der Waals surface area (Å²) >= 11 is 3.18. The maximum atomic E-state index is 14.1. The summed E-state index contributed by atoms with van der Waals surface area (Å²) in [7, 11) is 1.58. The predicted octanol–water partition coefficient (Wildman–Crippen LogP) is 2.88. The smallest absolute Gasteiger partial charge is 0.148 e. The number of rotatable bonds is 3. The van der Waals surface area contributed by atoms with Crippen molar-refractivity contribution in [3.63, 3.8) is 0 Å². The maximum absolute atomic E-state index is 14.1. The van der Waals surface area contributed by atoms with Crippen LogP contribution in [0.2, 0.25) is 0 Å². The van der Waals surface area contributed by atoms with E-state index < -0.39 is 0 Å². The molecule has 0 fully saturated rings. The Kier molecular flexibility index (Phi) is 3.79. The molecule has 0 radical (unpaired) electrons. The van der Waals surface area contributed by atoms with Crippen molar-refractivity contribution in [3.8, 4) is 0 Å². The lowest BCUT2D eigenvalue weighted by Gasteiger charge is -2.12. The molecule has 0 aliphatic heterocycles. The third-order valence-electron chi connectivity index (χ3n) is 2.67. The highest BCUT2D eigenvalue weighted by molar-refractivity contribution is 9.10. The van der Waals surface area contributed by atoms with E-state index in [9.17, 15) is 4.39 Å². The summed E-state index contributed by atoms with van der Waals surface area (Å²) in [5.41, 5.74) is 5.15. The SMILES string of the molecule is COCc1cc(NN)c2c(F)c(Br)cc(C)c2n1. The molecular formula is C12H13BrFN3O. The summed E-state index contributed by atoms with van der Waals surface area (Å²) in [4.78, 5) is 4.39. The van der Waals surface area contributed by atoms with Crippen LogP contribution in [0.3, 0.4) is 0 Å². The van der Waals surface area contributed by atoms with Crippen LogP contribution in [-0.2, 0) is 11.3 Å². The molecule has 2 rings (SSSR count). The molecule has 0 bridgehead atoms. The number of aryl methyl sites for hydroxylation is 1. The van der Waals surface area contributed by atoms with Gasteiger partial charge in [-0.25, -0.2) is 9.37 Å². The van der Waals surface area contributed by atoms with Crippen molar-refractivity contribution in [2.75, 3.05) is 12.5 Å². The molecule has 0 aliphatic rings. The quantitative estimate of drug-likeness (QED) is 0.675. The van der Waals surface area contributed by atoms with Crippen molar-refractivity contribution >= 4 is 32.5 Å². The fourth-order valence-electron chi connectivity index (χ4n) is 1.88. The van der Waals surface area contributed by atoms with Gasteiger partial charge >= 0.3 is 0 Å². The molecule has 18 heavy (non-hydrogen) atoms. The number of methoxy groups -OCH3 is 1. The largest absolute Gasteiger partial charge is 0.378 e. The number of pyridine rings is 1. The van der Waals surface area contributed by atoms with Crippen molar-refractivity contribution in [1.29, 1.82) is 0 Å². The molecule has 3 N–H and O–H groups in total. The van der Waals surface area contributed by atoms with Crippen LogP contribution in [0, 0.1) is 12.7 Å². The van der Waals surface area contributed by atoms with Crippen LogP contribution >= 0.6 is 15.9 Å². The summed E-state index contributed by atoms with van der Waals surface area (Å²) in [6, 6.07) is 3.38. The van der Waals surface area contributed by atoms with E-state index in [1.54, 1.807) is 19.2 Å². The standard InChI is InChI=1S/C12H13BrFN3O/c1-6-3-8(13)11(14)10-9(17-15)4-7(5-18-2)16-12(6)10/h3-4H,5,15H2,1-2H3,(H,16,17). The number of aromatic nitrogens is 1. The summed E-state index contributed by atoms with van der Waals surface area (Å²) in [6.45, 7) is 2.22. The molecule has 0 amide bonds. The number of anilines is 1. The molecule has 1 heterocycles. The molecule has 1 aromatic heterocycles. The minimum absolute atomic E-state index is 0.349. The highest BCUT2D eigenvalue weighted by atomic mass is 79.9. The van der Waals surface area contributed by atoms with Crippen molar-refractivity contribution in [2.45, 2.75) is 13.5 Å². The molecule has 6 heteroatoms. The third kappa shape index (κ3) is 2.19. The molecule has 1 aromatic carbocycles. The molecule has 0 spiro atoms. The Bertz CT molecular complexity index is 604. The van der Waals surface area contributed by atoms with Gasteiger partial charge in [-0.1, -0.05) is 0 Å². The summed E-state index contributed by atoms with van der Waals surface area (Å²) in [5, 5.41) is 0.379. The molecular weight excluding hydrogens is 301 g/mol. The number of nitrogens with zero attached hydrogens (tertiary/aromatic N) is 1. The number of hydrazine groups is 1. The summed E-state index contributed by atoms with van der Waals surface area (Å²) in [6.07, 6.45) is 0. The fourth-order valence-corrected chi connectivity index (χ4v) is 2.42. The van der Waals surface area contributed by atoms with Crippen LogP contribution in [-0.4, -0.2) is 12.1 Å². The average molecular weight is 314 g/mol. The molecule has 0 saturated heterocycles. The second kappa shape index (κ2) is 5.17. The van der Waals surface area contributed by atoms with Crippen LogP contribution in [0.4, 0.5) is 10.1 Å². The maximum Gasteiger partial charge on any atom is 0.148 e. The molecule has 0 saturated carbocycles. The monoisotopic (exact) mass is 313 g/mol. The Morgan fingerprint density at radius 2 is 2.22 bits per heavy atom. The molecule has 0 unspecified atom stereocenters. The van der Waals surface area contributed by atoms with Crippen molar-refractivity contribution in [1.82, 2.24) is 4.98 Å². The van der Waals surface area contributed by atoms with Crippen molar-refractivity contribution in [3.05, 3.63) is 33.7 Å². The second-order valence-electron chi connectivity index (χ2n) is 3.95. The highest BCUT2D eigenvalue weighted by Crippen LogP contribution is 2.32. The molecule has 0 aliphatic carbocycles. The first-order chi connectivity index (χ1) is 8.58. The Labute approximate surface area is 112 Å². The lowest BCUT2D eigenvalue weighted by Crippen LogP contribution is -2.10. The van der Waals surface area contributed by atoms with E-state index in [1.807, 2.05) is 6.92 Å². The van der Waals surface area contributed by atoms with E-state index in [-0.39, 0.29) is 5.82 Å². The second-order valence-corrected chi connectivity index (χ2v) is 4.81. The zero-order valence-corrected chi connectivity index (χ0v) is 11.6. The number of halogens is 2. The van der Waals surface area contributed by atoms with Crippen LogP contribution < -0.4 is 11.3 Å². The first-order valence-corrected chi connectivity index (χ1v) is 6.11. The van der Waals surface area contributed by atoms with Gasteiger partial charge in [-0.2, -0.15) is 0 Å². The topological polar surface area (TPSA) is 60.2 Å². The van der Waals surface area contributed by atoms with Gasteiger partial charge in [0.15, 0.2) is 0 Å². The predicted molar refractivity (Wildman–Crippen MR) is 72.7 cm³/mol. The number of hydrogen-bond acceptors (Lipinski definition) is 4. The van der Waals surface area contributed by atoms with E-state index >= 15 is 0 Å². The van der Waals surface area contributed by atoms with E-state index in [0.717, 1.165) is 5.56 Å². The lowest BCUT2D eigenvalue weighted by atomic mass is 10.1. The van der Waals surface area contributed by atoms with Crippen LogP contribution in [0.25, 0.3) is 10.9 Å². The number of benzene rings is 1. The van der Waals surface area contributed by atoms with Gasteiger partial charge in [-0.3, -0.25) is 5.84 Å². The average Bonchev–Trinajstić information content (AvgIpc) is 2.35. The van der Waals surface area contributed by atoms with Gasteiger partial charge in [0, 0.05) is 7.11 Å². The third-order valence-corrected chi connectivity index (χ3v) is 3.24. The van der Waals surface area contributed by atoms with Crippen LogP contribution in [0.1, 0.15) is 11.3 Å². The Balaban J connectivity index is 2.82. The number of hydrogen-bond donors (Lipinski definition) is 2. The van der Waals surface area contributed by atoms with E-state index in [0.29, 0.717) is 33.4 Å². The van der Waals surface area contributed by atoms with Crippen LogP contribution in [0.15, 0.2) is 16.6 Å². The normalized spacial score (nSPS) is 10.9. The summed E-state index contributed by atoms with van der Waals surface area (Å²) < 4.78 is 19.6. The number of fused-ring (bicyclic) bond motifs is 1. The minimum Gasteiger partial charge on any atom is -0.378 e. The van der Waals surface area contributed by atoms with E-state index in [4.69, 9.17) is 10.6 Å². The van der Waals surface area contributed by atoms with E-state index in [1.165, 1.54) is 0 Å². The molecule has 4 nitrogen and oxygen atoms in total. The first kappa shape index (κ1) is 13.2. The number of nitrogens with two attached hydrogens (primary N) is 1. The zero-order valence-electron chi connectivity index (χ0n) is 10.1. The van der Waals surface area contributed by atoms with E-state index in [2.05, 4.69) is 26.3 Å². The van der Waals surface area contributed by atoms with Gasteiger partial charge in [0.2, 0.25) is 0 Å². The van der Waals surface area contributed by atoms with Crippen molar-refractivity contribution < 1.29 is 9.13 Å². The van der Waals surface area contributed by atoms with Crippen molar-refractivity contribution in [2.24, 2.45) is 5.84 Å². The minimum atomic E-state index is -0.375. The highest BCUT2D eigenvalue weighted by Gasteiger charge is 2.14. The number of nitrogen functional groups attached to an aromatic ring is 1. The van der Waals surface area contributed by atoms with Crippen LogP contribution in [0.5, 0.6) is 0 Å². The van der Waals surface area contributed by atoms with Gasteiger partial charge in [0.25, 0.3) is 0 Å². The van der Waals surface area contributed by atoms with Gasteiger partial charge in [-0.15, -0.1) is 0 Å². The Morgan fingerprint density at radius 1 is 1.50 bits per heavy atom. The zero-order chi connectivity index (χ0) is 13.3. The van der Waals surface area contributed by atoms with Gasteiger partial charge in [0.1, 0.15) is 5.82 Å². The molecule has 96 valence electrons. The fraction of sp³-hybridized carbons (Fsp3) is 0.250. The molecule has 0 atom stereocenters. The van der Waals surface area contributed by atoms with Gasteiger partial charge in [-0.05, 0) is 40.5 Å². The van der Waals surface area contributed by atoms with Gasteiger partial charge < -0.3 is 10.2 Å². The molecule has 2 aromatic rings. The van der Waals surface area contributed by atoms with Gasteiger partial charge in [0.05, 0.1) is 33.4 Å². The number of ether oxygens (including phenoxy) is 1. The Hall–Kier alpha value is -1.24. The Morgan fingerprint density at radius 3 is 2.83 bits per heavy atom. The first-order valence-electron chi connectivity index (χ1n) is 5.32. The number of nitrogens with one attached hydrogen (secondary N) is 1. The summed E-state index contributed by atoms with van der Waals surface area (Å²) in [5.74, 6) is 5.07. The lowest BCUT2D eigenvalue weighted by molar-refractivity contribution is 0.182.